The summed E-state index contributed by atoms with van der Waals surface area (Å²) in [5.74, 6) is 0. The van der Waals surface area contributed by atoms with Gasteiger partial charge >= 0.3 is 6.03 Å². The minimum absolute atomic E-state index is 0.00174. The van der Waals surface area contributed by atoms with E-state index in [1.54, 1.807) is 6.33 Å². The van der Waals surface area contributed by atoms with Crippen LogP contribution in [0.5, 0.6) is 0 Å². The van der Waals surface area contributed by atoms with E-state index in [4.69, 9.17) is 4.74 Å². The van der Waals surface area contributed by atoms with E-state index in [1.807, 2.05) is 9.58 Å². The van der Waals surface area contributed by atoms with Crippen molar-refractivity contribution in [2.45, 2.75) is 57.3 Å². The number of rotatable bonds is 3. The molecule has 3 heterocycles. The minimum atomic E-state index is -0.0568. The summed E-state index contributed by atoms with van der Waals surface area (Å²) in [5.41, 5.74) is -0.0568. The van der Waals surface area contributed by atoms with Crippen LogP contribution in [0.15, 0.2) is 12.7 Å². The van der Waals surface area contributed by atoms with Gasteiger partial charge in [0.1, 0.15) is 12.7 Å². The van der Waals surface area contributed by atoms with Gasteiger partial charge in [0.05, 0.1) is 17.7 Å². The van der Waals surface area contributed by atoms with E-state index in [2.05, 4.69) is 29.2 Å². The second kappa shape index (κ2) is 6.24. The van der Waals surface area contributed by atoms with E-state index < -0.39 is 0 Å². The number of urea groups is 1. The van der Waals surface area contributed by atoms with Gasteiger partial charge in [0.25, 0.3) is 0 Å². The summed E-state index contributed by atoms with van der Waals surface area (Å²) in [5, 5.41) is 7.20. The second-order valence-corrected chi connectivity index (χ2v) is 6.84. The molecule has 7 heteroatoms. The Morgan fingerprint density at radius 1 is 1.45 bits per heavy atom. The van der Waals surface area contributed by atoms with Crippen molar-refractivity contribution in [3.63, 3.8) is 0 Å². The van der Waals surface area contributed by atoms with Crippen LogP contribution in [0, 0.1) is 0 Å². The first-order valence-corrected chi connectivity index (χ1v) is 8.08. The zero-order chi connectivity index (χ0) is 15.6. The molecule has 0 saturated carbocycles. The number of ether oxygens (including phenoxy) is 1. The van der Waals surface area contributed by atoms with Crippen LogP contribution in [0.3, 0.4) is 0 Å². The molecule has 1 aromatic rings. The van der Waals surface area contributed by atoms with Crippen LogP contribution >= 0.6 is 0 Å². The van der Waals surface area contributed by atoms with Crippen LogP contribution in [0.25, 0.3) is 0 Å². The number of carbonyl (C=O) groups excluding carboxylic acids is 1. The Hall–Kier alpha value is -1.63. The molecule has 1 aromatic heterocycles. The molecule has 2 amide bonds. The number of hydrogen-bond acceptors (Lipinski definition) is 4. The van der Waals surface area contributed by atoms with Crippen LogP contribution in [0.2, 0.25) is 0 Å². The third-order valence-electron chi connectivity index (χ3n) is 4.53. The number of piperidine rings is 1. The van der Waals surface area contributed by atoms with E-state index in [0.29, 0.717) is 13.1 Å². The lowest BCUT2D eigenvalue weighted by Crippen LogP contribution is -2.47. The van der Waals surface area contributed by atoms with Gasteiger partial charge in [-0.2, -0.15) is 5.10 Å². The molecule has 2 fully saturated rings. The quantitative estimate of drug-likeness (QED) is 0.920. The summed E-state index contributed by atoms with van der Waals surface area (Å²) in [4.78, 5) is 18.2. The van der Waals surface area contributed by atoms with Gasteiger partial charge in [-0.15, -0.1) is 0 Å². The van der Waals surface area contributed by atoms with Crippen molar-refractivity contribution in [1.82, 2.24) is 25.0 Å². The summed E-state index contributed by atoms with van der Waals surface area (Å²) in [6.45, 7) is 6.28. The zero-order valence-corrected chi connectivity index (χ0v) is 13.4. The Kier molecular flexibility index (Phi) is 4.33. The smallest absolute Gasteiger partial charge is 0.317 e. The molecule has 0 spiro atoms. The number of nitrogens with zero attached hydrogens (tertiary/aromatic N) is 4. The van der Waals surface area contributed by atoms with E-state index in [9.17, 15) is 4.79 Å². The van der Waals surface area contributed by atoms with Crippen LogP contribution in [0.1, 0.15) is 45.6 Å². The van der Waals surface area contributed by atoms with Gasteiger partial charge in [0.15, 0.2) is 0 Å². The van der Waals surface area contributed by atoms with E-state index in [-0.39, 0.29) is 23.8 Å². The topological polar surface area (TPSA) is 72.3 Å². The van der Waals surface area contributed by atoms with Crippen molar-refractivity contribution < 1.29 is 9.53 Å². The first kappa shape index (κ1) is 15.3. The molecule has 1 N–H and O–H groups in total. The lowest BCUT2D eigenvalue weighted by atomic mass is 10.1. The highest BCUT2D eigenvalue weighted by atomic mass is 16.5. The number of nitrogens with one attached hydrogen (secondary N) is 1. The summed E-state index contributed by atoms with van der Waals surface area (Å²) in [6, 6.07) is 0.224. The van der Waals surface area contributed by atoms with Gasteiger partial charge in [0, 0.05) is 19.6 Å². The van der Waals surface area contributed by atoms with Crippen LogP contribution in [-0.2, 0) is 4.74 Å². The third-order valence-corrected chi connectivity index (χ3v) is 4.53. The lowest BCUT2D eigenvalue weighted by Gasteiger charge is -2.33. The summed E-state index contributed by atoms with van der Waals surface area (Å²) >= 11 is 0. The molecule has 0 radical (unpaired) electrons. The van der Waals surface area contributed by atoms with Crippen LogP contribution < -0.4 is 5.32 Å². The molecular formula is C15H25N5O2. The predicted molar refractivity (Wildman–Crippen MR) is 81.5 cm³/mol. The van der Waals surface area contributed by atoms with Gasteiger partial charge in [0.2, 0.25) is 0 Å². The van der Waals surface area contributed by atoms with Gasteiger partial charge in [-0.05, 0) is 39.5 Å². The fourth-order valence-electron chi connectivity index (χ4n) is 3.30. The summed E-state index contributed by atoms with van der Waals surface area (Å²) in [6.07, 6.45) is 7.48. The minimum Gasteiger partial charge on any atom is -0.371 e. The van der Waals surface area contributed by atoms with Crippen LogP contribution in [-0.4, -0.2) is 57.0 Å². The first-order chi connectivity index (χ1) is 10.5. The predicted octanol–water partition coefficient (Wildman–Crippen LogP) is 1.58. The maximum atomic E-state index is 12.3. The summed E-state index contributed by atoms with van der Waals surface area (Å²) < 4.78 is 7.76. The monoisotopic (exact) mass is 307 g/mol. The molecule has 0 aromatic carbocycles. The van der Waals surface area contributed by atoms with Gasteiger partial charge in [-0.1, -0.05) is 0 Å². The number of carbonyl (C=O) groups is 1. The standard InChI is InChI=1S/C15H25N5O2/c1-15(2)6-5-13(22-15)8-17-14(21)19-7-3-4-12(9-19)20-11-16-10-18-20/h10-13H,3-9H2,1-2H3,(H,17,21). The molecule has 22 heavy (non-hydrogen) atoms. The third kappa shape index (κ3) is 3.58. The second-order valence-electron chi connectivity index (χ2n) is 6.84. The van der Waals surface area contributed by atoms with Crippen molar-refractivity contribution in [2.75, 3.05) is 19.6 Å². The maximum Gasteiger partial charge on any atom is 0.317 e. The van der Waals surface area contributed by atoms with Crippen LogP contribution in [0.4, 0.5) is 4.79 Å². The number of likely N-dealkylation sites (tertiary alicyclic amines) is 1. The average molecular weight is 307 g/mol. The Morgan fingerprint density at radius 2 is 2.32 bits per heavy atom. The molecular weight excluding hydrogens is 282 g/mol. The summed E-state index contributed by atoms with van der Waals surface area (Å²) in [7, 11) is 0. The highest BCUT2D eigenvalue weighted by Gasteiger charge is 2.32. The Bertz CT molecular complexity index is 502. The molecule has 0 aliphatic carbocycles. The lowest BCUT2D eigenvalue weighted by molar-refractivity contribution is -0.0136. The fourth-order valence-corrected chi connectivity index (χ4v) is 3.30. The van der Waals surface area contributed by atoms with Crippen molar-refractivity contribution >= 4 is 6.03 Å². The van der Waals surface area contributed by atoms with E-state index >= 15 is 0 Å². The molecule has 122 valence electrons. The molecule has 2 atom stereocenters. The zero-order valence-electron chi connectivity index (χ0n) is 13.4. The molecule has 3 rings (SSSR count). The molecule has 0 bridgehead atoms. The van der Waals surface area contributed by atoms with Gasteiger partial charge < -0.3 is 15.0 Å². The molecule has 2 aliphatic rings. The van der Waals surface area contributed by atoms with Crippen molar-refractivity contribution in [3.8, 4) is 0 Å². The maximum absolute atomic E-state index is 12.3. The molecule has 2 unspecified atom stereocenters. The molecule has 7 nitrogen and oxygen atoms in total. The average Bonchev–Trinajstić information content (AvgIpc) is 3.14. The Labute approximate surface area is 131 Å². The largest absolute Gasteiger partial charge is 0.371 e. The van der Waals surface area contributed by atoms with E-state index in [0.717, 1.165) is 32.2 Å². The molecule has 2 aliphatic heterocycles. The highest BCUT2D eigenvalue weighted by Crippen LogP contribution is 2.29. The van der Waals surface area contributed by atoms with Crippen molar-refractivity contribution in [1.29, 1.82) is 0 Å². The van der Waals surface area contributed by atoms with Gasteiger partial charge in [-0.3, -0.25) is 0 Å². The fraction of sp³-hybridized carbons (Fsp3) is 0.800. The number of amides is 2. The highest BCUT2D eigenvalue weighted by molar-refractivity contribution is 5.74. The molecule has 2 saturated heterocycles. The number of hydrogen-bond donors (Lipinski definition) is 1. The number of aromatic nitrogens is 3. The first-order valence-electron chi connectivity index (χ1n) is 8.08. The van der Waals surface area contributed by atoms with Gasteiger partial charge in [-0.25, -0.2) is 14.5 Å². The normalized spacial score (nSPS) is 27.8. The van der Waals surface area contributed by atoms with Crippen molar-refractivity contribution in [2.24, 2.45) is 0 Å². The SMILES string of the molecule is CC1(C)CCC(CNC(=O)N2CCCC(n3cncn3)C2)O1. The van der Waals surface area contributed by atoms with Crippen molar-refractivity contribution in [3.05, 3.63) is 12.7 Å². The van der Waals surface area contributed by atoms with E-state index in [1.165, 1.54) is 6.33 Å². The Balaban J connectivity index is 1.48. The Morgan fingerprint density at radius 3 is 3.00 bits per heavy atom.